The van der Waals surface area contributed by atoms with Crippen molar-refractivity contribution in [2.45, 2.75) is 27.2 Å². The Morgan fingerprint density at radius 2 is 0.824 bits per heavy atom. The van der Waals surface area contributed by atoms with Gasteiger partial charge in [-0.3, -0.25) is 0 Å². The third-order valence-electron chi connectivity index (χ3n) is 12.6. The van der Waals surface area contributed by atoms with Crippen molar-refractivity contribution in [3.05, 3.63) is 290 Å². The molecule has 2 nitrogen and oxygen atoms in total. The van der Waals surface area contributed by atoms with Crippen LogP contribution in [0.3, 0.4) is 0 Å². The first-order valence-electron chi connectivity index (χ1n) is 23.4. The summed E-state index contributed by atoms with van der Waals surface area (Å²) in [5.41, 5.74) is 20.9. The number of nitrogens with zero attached hydrogens (tertiary/aromatic N) is 2. The average molecular weight is 877 g/mol. The molecule has 11 rings (SSSR count). The van der Waals surface area contributed by atoms with Gasteiger partial charge in [0.25, 0.3) is 0 Å². The Morgan fingerprint density at radius 1 is 0.353 bits per heavy atom. The first-order chi connectivity index (χ1) is 33.4. The van der Waals surface area contributed by atoms with E-state index in [2.05, 4.69) is 262 Å². The van der Waals surface area contributed by atoms with E-state index in [1.54, 1.807) is 12.2 Å². The molecule has 2 heteroatoms. The highest BCUT2D eigenvalue weighted by atomic mass is 15.2. The summed E-state index contributed by atoms with van der Waals surface area (Å²) in [4.78, 5) is 4.73. The van der Waals surface area contributed by atoms with Gasteiger partial charge in [0.15, 0.2) is 0 Å². The number of para-hydroxylation sites is 4. The van der Waals surface area contributed by atoms with Gasteiger partial charge in [-0.05, 0) is 172 Å². The molecule has 0 bridgehead atoms. The van der Waals surface area contributed by atoms with Gasteiger partial charge in [0.2, 0.25) is 0 Å². The Morgan fingerprint density at radius 3 is 1.31 bits per heavy atom. The lowest BCUT2D eigenvalue weighted by molar-refractivity contribution is 1.25. The Balaban J connectivity index is 0.000000468. The van der Waals surface area contributed by atoms with Crippen LogP contribution in [0.15, 0.2) is 262 Å². The van der Waals surface area contributed by atoms with E-state index in [1.165, 1.54) is 66.4 Å². The maximum Gasteiger partial charge on any atom is 0.0488 e. The van der Waals surface area contributed by atoms with E-state index < -0.39 is 0 Å². The molecular formula is C66H56N2. The van der Waals surface area contributed by atoms with Crippen LogP contribution in [0.1, 0.15) is 27.8 Å². The third-order valence-corrected chi connectivity index (χ3v) is 12.6. The minimum absolute atomic E-state index is 0.971. The molecule has 10 aromatic rings. The van der Waals surface area contributed by atoms with E-state index in [9.17, 15) is 0 Å². The zero-order chi connectivity index (χ0) is 46.8. The van der Waals surface area contributed by atoms with Gasteiger partial charge in [0.1, 0.15) is 0 Å². The van der Waals surface area contributed by atoms with Crippen LogP contribution < -0.4 is 9.80 Å². The van der Waals surface area contributed by atoms with Crippen LogP contribution in [0.25, 0.3) is 44.2 Å². The number of hydrogen-bond acceptors (Lipinski definition) is 2. The fourth-order valence-corrected chi connectivity index (χ4v) is 9.26. The minimum Gasteiger partial charge on any atom is -0.310 e. The summed E-state index contributed by atoms with van der Waals surface area (Å²) in [6, 6.07) is 85.4. The van der Waals surface area contributed by atoms with Crippen LogP contribution in [-0.2, 0) is 6.42 Å². The summed E-state index contributed by atoms with van der Waals surface area (Å²) >= 11 is 0. The molecule has 0 unspecified atom stereocenters. The first kappa shape index (κ1) is 44.7. The van der Waals surface area contributed by atoms with Gasteiger partial charge in [-0.15, -0.1) is 0 Å². The van der Waals surface area contributed by atoms with E-state index in [-0.39, 0.29) is 0 Å². The Kier molecular flexibility index (Phi) is 13.7. The summed E-state index contributed by atoms with van der Waals surface area (Å²) in [6.45, 7) is 13.3. The average Bonchev–Trinajstić information content (AvgIpc) is 3.78. The topological polar surface area (TPSA) is 6.48 Å². The lowest BCUT2D eigenvalue weighted by atomic mass is 9.89. The summed E-state index contributed by atoms with van der Waals surface area (Å²) in [5.74, 6) is 0. The zero-order valence-corrected chi connectivity index (χ0v) is 39.2. The molecule has 68 heavy (non-hydrogen) atoms. The van der Waals surface area contributed by atoms with Crippen molar-refractivity contribution in [3.63, 3.8) is 0 Å². The molecule has 0 N–H and O–H groups in total. The van der Waals surface area contributed by atoms with Crippen molar-refractivity contribution in [3.8, 4) is 33.4 Å². The maximum absolute atomic E-state index is 3.36. The molecule has 330 valence electrons. The van der Waals surface area contributed by atoms with Gasteiger partial charge in [-0.2, -0.15) is 0 Å². The van der Waals surface area contributed by atoms with Gasteiger partial charge < -0.3 is 9.80 Å². The standard InChI is InChI=1S/C55H42N2.C7H8.C4H6/c1-38-27-28-40(34-52(38)53-37-54-42(31-39(53)2)29-30-51-50-26-16-15-17-41(50)35-55(51)54)43-32-48(56(44-18-7-3-8-19-44)45-20-9-4-10-21-45)36-49(33-43)57(46-22-11-5-12-23-46)47-24-13-6-14-25-47;1-7-5-3-2-4-6-7;1-3-4-2/h3-34,36-37H,35H2,1-2H3;2-6H,1H3;3-4H,1-2H2. The molecule has 0 amide bonds. The highest BCUT2D eigenvalue weighted by Gasteiger charge is 2.23. The highest BCUT2D eigenvalue weighted by Crippen LogP contribution is 2.45. The number of aryl methyl sites for hydroxylation is 3. The normalized spacial score (nSPS) is 10.9. The number of hydrogen-bond donors (Lipinski definition) is 0. The van der Waals surface area contributed by atoms with E-state index in [4.69, 9.17) is 0 Å². The van der Waals surface area contributed by atoms with Crippen LogP contribution in [0, 0.1) is 20.8 Å². The number of fused-ring (bicyclic) bond motifs is 5. The summed E-state index contributed by atoms with van der Waals surface area (Å²) in [6.07, 6.45) is 4.25. The predicted octanol–water partition coefficient (Wildman–Crippen LogP) is 18.7. The van der Waals surface area contributed by atoms with Crippen molar-refractivity contribution < 1.29 is 0 Å². The smallest absolute Gasteiger partial charge is 0.0488 e. The molecule has 1 aliphatic rings. The predicted molar refractivity (Wildman–Crippen MR) is 293 cm³/mol. The Hall–Kier alpha value is -8.46. The van der Waals surface area contributed by atoms with Crippen LogP contribution in [0.4, 0.5) is 34.1 Å². The molecule has 0 heterocycles. The molecule has 0 spiro atoms. The minimum atomic E-state index is 0.971. The summed E-state index contributed by atoms with van der Waals surface area (Å²) in [7, 11) is 0. The SMILES string of the molecule is C=CC=C.Cc1ccc(-c2cc(N(c3ccccc3)c3ccccc3)cc(N(c3ccccc3)c3ccccc3)c2)cc1-c1cc2c3c(ccc2cc1C)-c1ccccc1C3.Cc1ccccc1. The molecule has 0 aromatic heterocycles. The molecule has 0 radical (unpaired) electrons. The number of rotatable bonds is 9. The van der Waals surface area contributed by atoms with E-state index in [0.717, 1.165) is 46.1 Å². The van der Waals surface area contributed by atoms with Crippen LogP contribution in [0.5, 0.6) is 0 Å². The maximum atomic E-state index is 3.36. The van der Waals surface area contributed by atoms with Crippen molar-refractivity contribution in [1.29, 1.82) is 0 Å². The second kappa shape index (κ2) is 20.8. The van der Waals surface area contributed by atoms with Crippen molar-refractivity contribution in [2.75, 3.05) is 9.80 Å². The highest BCUT2D eigenvalue weighted by molar-refractivity contribution is 5.99. The molecule has 0 fully saturated rings. The molecule has 0 saturated heterocycles. The second-order valence-corrected chi connectivity index (χ2v) is 17.2. The zero-order valence-electron chi connectivity index (χ0n) is 39.2. The molecule has 0 saturated carbocycles. The fraction of sp³-hybridized carbons (Fsp3) is 0.0606. The third kappa shape index (κ3) is 9.72. The summed E-state index contributed by atoms with van der Waals surface area (Å²) in [5, 5.41) is 2.65. The van der Waals surface area contributed by atoms with Crippen molar-refractivity contribution >= 4 is 44.9 Å². The summed E-state index contributed by atoms with van der Waals surface area (Å²) < 4.78 is 0. The van der Waals surface area contributed by atoms with Crippen molar-refractivity contribution in [2.24, 2.45) is 0 Å². The Bertz CT molecular complexity index is 3120. The van der Waals surface area contributed by atoms with Crippen LogP contribution in [-0.4, -0.2) is 0 Å². The number of anilines is 6. The van der Waals surface area contributed by atoms with Gasteiger partial charge in [0, 0.05) is 34.1 Å². The molecule has 10 aromatic carbocycles. The number of allylic oxidation sites excluding steroid dienone is 2. The van der Waals surface area contributed by atoms with Gasteiger partial charge >= 0.3 is 0 Å². The van der Waals surface area contributed by atoms with Gasteiger partial charge in [-0.1, -0.05) is 189 Å². The second-order valence-electron chi connectivity index (χ2n) is 17.2. The van der Waals surface area contributed by atoms with Crippen LogP contribution in [0.2, 0.25) is 0 Å². The van der Waals surface area contributed by atoms with E-state index >= 15 is 0 Å². The van der Waals surface area contributed by atoms with Gasteiger partial charge in [0.05, 0.1) is 0 Å². The molecule has 1 aliphatic carbocycles. The Labute approximate surface area is 403 Å². The van der Waals surface area contributed by atoms with Crippen molar-refractivity contribution in [1.82, 2.24) is 0 Å². The fourth-order valence-electron chi connectivity index (χ4n) is 9.26. The lowest BCUT2D eigenvalue weighted by Gasteiger charge is -2.30. The van der Waals surface area contributed by atoms with E-state index in [1.807, 2.05) is 18.2 Å². The number of benzene rings is 10. The first-order valence-corrected chi connectivity index (χ1v) is 23.4. The molecule has 0 aliphatic heterocycles. The monoisotopic (exact) mass is 876 g/mol. The molecular weight excluding hydrogens is 821 g/mol. The quantitative estimate of drug-likeness (QED) is 0.133. The lowest BCUT2D eigenvalue weighted by Crippen LogP contribution is -2.13. The molecule has 0 atom stereocenters. The largest absolute Gasteiger partial charge is 0.310 e. The van der Waals surface area contributed by atoms with Gasteiger partial charge in [-0.25, -0.2) is 0 Å². The van der Waals surface area contributed by atoms with Crippen LogP contribution >= 0.6 is 0 Å². The van der Waals surface area contributed by atoms with E-state index in [0.29, 0.717) is 0 Å².